The van der Waals surface area contributed by atoms with Gasteiger partial charge in [0.15, 0.2) is 5.22 Å². The number of hydrogen-bond donors (Lipinski definition) is 1. The summed E-state index contributed by atoms with van der Waals surface area (Å²) in [4.78, 5) is 11.1. The number of hydrogen-bond acceptors (Lipinski definition) is 4. The van der Waals surface area contributed by atoms with Crippen LogP contribution in [0.25, 0.3) is 0 Å². The van der Waals surface area contributed by atoms with Gasteiger partial charge in [0.25, 0.3) is 0 Å². The molecule has 1 aromatic heterocycles. The van der Waals surface area contributed by atoms with Gasteiger partial charge in [0.2, 0.25) is 0 Å². The summed E-state index contributed by atoms with van der Waals surface area (Å²) in [5, 5.41) is 0.288. The Morgan fingerprint density at radius 3 is 2.93 bits per heavy atom. The summed E-state index contributed by atoms with van der Waals surface area (Å²) in [5.41, 5.74) is 5.57. The molecule has 4 nitrogen and oxygen atoms in total. The molecule has 78 valence electrons. The molecule has 1 rings (SSSR count). The first kappa shape index (κ1) is 11.1. The van der Waals surface area contributed by atoms with Gasteiger partial charge in [-0.25, -0.2) is 0 Å². The third-order valence-electron chi connectivity index (χ3n) is 1.64. The fraction of sp³-hybridized carbons (Fsp3) is 0.444. The summed E-state index contributed by atoms with van der Waals surface area (Å²) in [6, 6.07) is 2.59. The van der Waals surface area contributed by atoms with E-state index in [1.807, 2.05) is 0 Å². The SMILES string of the molecule is CCOC(=O)C(N)Cc1ccc(Cl)o1. The van der Waals surface area contributed by atoms with Crippen LogP contribution in [0.5, 0.6) is 0 Å². The maximum atomic E-state index is 11.1. The molecular weight excluding hydrogens is 206 g/mol. The molecule has 2 N–H and O–H groups in total. The van der Waals surface area contributed by atoms with E-state index in [1.165, 1.54) is 0 Å². The van der Waals surface area contributed by atoms with Crippen LogP contribution in [0.2, 0.25) is 5.22 Å². The molecule has 1 atom stereocenters. The molecule has 1 unspecified atom stereocenters. The number of rotatable bonds is 4. The molecule has 0 aliphatic rings. The molecule has 0 saturated heterocycles. The minimum Gasteiger partial charge on any atom is -0.465 e. The summed E-state index contributed by atoms with van der Waals surface area (Å²) < 4.78 is 9.80. The van der Waals surface area contributed by atoms with Gasteiger partial charge in [-0.15, -0.1) is 0 Å². The number of furan rings is 1. The Balaban J connectivity index is 2.48. The zero-order valence-corrected chi connectivity index (χ0v) is 8.58. The fourth-order valence-electron chi connectivity index (χ4n) is 1.01. The van der Waals surface area contributed by atoms with Crippen LogP contribution in [-0.2, 0) is 16.0 Å². The van der Waals surface area contributed by atoms with Crippen molar-refractivity contribution in [2.75, 3.05) is 6.61 Å². The minimum atomic E-state index is -0.697. The lowest BCUT2D eigenvalue weighted by Crippen LogP contribution is -2.34. The van der Waals surface area contributed by atoms with Crippen LogP contribution in [0.4, 0.5) is 0 Å². The van der Waals surface area contributed by atoms with E-state index < -0.39 is 12.0 Å². The van der Waals surface area contributed by atoms with Crippen LogP contribution in [0.1, 0.15) is 12.7 Å². The van der Waals surface area contributed by atoms with Crippen LogP contribution in [0.15, 0.2) is 16.5 Å². The largest absolute Gasteiger partial charge is 0.465 e. The van der Waals surface area contributed by atoms with Crippen molar-refractivity contribution in [2.45, 2.75) is 19.4 Å². The van der Waals surface area contributed by atoms with Crippen molar-refractivity contribution in [2.24, 2.45) is 5.73 Å². The normalized spacial score (nSPS) is 12.5. The number of halogens is 1. The molecule has 0 radical (unpaired) electrons. The Labute approximate surface area is 87.0 Å². The molecule has 0 aliphatic carbocycles. The average molecular weight is 218 g/mol. The van der Waals surface area contributed by atoms with E-state index in [2.05, 4.69) is 0 Å². The number of carbonyl (C=O) groups is 1. The van der Waals surface area contributed by atoms with Gasteiger partial charge < -0.3 is 14.9 Å². The topological polar surface area (TPSA) is 65.5 Å². The Kier molecular flexibility index (Phi) is 3.98. The van der Waals surface area contributed by atoms with E-state index >= 15 is 0 Å². The summed E-state index contributed by atoms with van der Waals surface area (Å²) in [7, 11) is 0. The van der Waals surface area contributed by atoms with Crippen molar-refractivity contribution in [1.82, 2.24) is 0 Å². The first-order chi connectivity index (χ1) is 6.63. The van der Waals surface area contributed by atoms with Crippen molar-refractivity contribution >= 4 is 17.6 Å². The number of ether oxygens (including phenoxy) is 1. The summed E-state index contributed by atoms with van der Waals surface area (Å²) >= 11 is 5.56. The summed E-state index contributed by atoms with van der Waals surface area (Å²) in [6.45, 7) is 2.06. The van der Waals surface area contributed by atoms with Gasteiger partial charge in [0.1, 0.15) is 11.8 Å². The smallest absolute Gasteiger partial charge is 0.323 e. The highest BCUT2D eigenvalue weighted by molar-refractivity contribution is 6.28. The first-order valence-electron chi connectivity index (χ1n) is 4.30. The predicted octanol–water partition coefficient (Wildman–Crippen LogP) is 1.37. The van der Waals surface area contributed by atoms with Gasteiger partial charge in [-0.1, -0.05) is 0 Å². The van der Waals surface area contributed by atoms with Crippen LogP contribution < -0.4 is 5.73 Å². The van der Waals surface area contributed by atoms with E-state index in [0.29, 0.717) is 18.8 Å². The zero-order valence-electron chi connectivity index (χ0n) is 7.83. The van der Waals surface area contributed by atoms with E-state index in [4.69, 9.17) is 26.5 Å². The highest BCUT2D eigenvalue weighted by Gasteiger charge is 2.16. The van der Waals surface area contributed by atoms with Crippen molar-refractivity contribution in [3.8, 4) is 0 Å². The van der Waals surface area contributed by atoms with Crippen LogP contribution in [0, 0.1) is 0 Å². The van der Waals surface area contributed by atoms with Crippen molar-refractivity contribution in [1.29, 1.82) is 0 Å². The molecule has 14 heavy (non-hydrogen) atoms. The predicted molar refractivity (Wildman–Crippen MR) is 52.0 cm³/mol. The molecular formula is C9H12ClNO3. The maximum absolute atomic E-state index is 11.1. The van der Waals surface area contributed by atoms with Crippen molar-refractivity contribution in [3.63, 3.8) is 0 Å². The molecule has 0 fully saturated rings. The first-order valence-corrected chi connectivity index (χ1v) is 4.67. The molecule has 0 spiro atoms. The van der Waals surface area contributed by atoms with Gasteiger partial charge in [0, 0.05) is 6.42 Å². The van der Waals surface area contributed by atoms with Gasteiger partial charge in [-0.3, -0.25) is 4.79 Å². The number of nitrogens with two attached hydrogens (primary N) is 1. The Morgan fingerprint density at radius 2 is 2.43 bits per heavy atom. The van der Waals surface area contributed by atoms with Crippen molar-refractivity contribution in [3.05, 3.63) is 23.1 Å². The van der Waals surface area contributed by atoms with E-state index in [0.717, 1.165) is 0 Å². The lowest BCUT2D eigenvalue weighted by molar-refractivity contribution is -0.144. The molecule has 0 saturated carbocycles. The monoisotopic (exact) mass is 217 g/mol. The van der Waals surface area contributed by atoms with Crippen LogP contribution >= 0.6 is 11.6 Å². The number of esters is 1. The second kappa shape index (κ2) is 5.02. The van der Waals surface area contributed by atoms with Crippen molar-refractivity contribution < 1.29 is 13.9 Å². The fourth-order valence-corrected chi connectivity index (χ4v) is 1.17. The summed E-state index contributed by atoms with van der Waals surface area (Å²) in [6.07, 6.45) is 0.297. The molecule has 1 aromatic rings. The third-order valence-corrected chi connectivity index (χ3v) is 1.84. The maximum Gasteiger partial charge on any atom is 0.323 e. The zero-order chi connectivity index (χ0) is 10.6. The Morgan fingerprint density at radius 1 is 1.71 bits per heavy atom. The second-order valence-corrected chi connectivity index (χ2v) is 3.14. The van der Waals surface area contributed by atoms with Gasteiger partial charge in [0.05, 0.1) is 6.61 Å². The van der Waals surface area contributed by atoms with E-state index in [-0.39, 0.29) is 5.22 Å². The standard InChI is InChI=1S/C9H12ClNO3/c1-2-13-9(12)7(11)5-6-3-4-8(10)14-6/h3-4,7H,2,5,11H2,1H3. The molecule has 0 amide bonds. The lowest BCUT2D eigenvalue weighted by atomic mass is 10.2. The molecule has 1 heterocycles. The quantitative estimate of drug-likeness (QED) is 0.774. The van der Waals surface area contributed by atoms with Crippen LogP contribution in [-0.4, -0.2) is 18.6 Å². The van der Waals surface area contributed by atoms with E-state index in [1.54, 1.807) is 19.1 Å². The van der Waals surface area contributed by atoms with Gasteiger partial charge in [-0.2, -0.15) is 0 Å². The lowest BCUT2D eigenvalue weighted by Gasteiger charge is -2.07. The minimum absolute atomic E-state index is 0.288. The molecule has 0 aromatic carbocycles. The van der Waals surface area contributed by atoms with Gasteiger partial charge in [-0.05, 0) is 30.7 Å². The van der Waals surface area contributed by atoms with Gasteiger partial charge >= 0.3 is 5.97 Å². The second-order valence-electron chi connectivity index (χ2n) is 2.77. The highest BCUT2D eigenvalue weighted by Crippen LogP contribution is 2.14. The Bertz CT molecular complexity index is 311. The summed E-state index contributed by atoms with van der Waals surface area (Å²) in [5.74, 6) is 0.149. The van der Waals surface area contributed by atoms with Crippen LogP contribution in [0.3, 0.4) is 0 Å². The highest BCUT2D eigenvalue weighted by atomic mass is 35.5. The Hall–Kier alpha value is -1.00. The molecule has 5 heteroatoms. The van der Waals surface area contributed by atoms with E-state index in [9.17, 15) is 4.79 Å². The average Bonchev–Trinajstić information content (AvgIpc) is 2.51. The third kappa shape index (κ3) is 3.05. The number of carbonyl (C=O) groups excluding carboxylic acids is 1. The molecule has 0 aliphatic heterocycles. The molecule has 0 bridgehead atoms.